The Morgan fingerprint density at radius 3 is 2.04 bits per heavy atom. The smallest absolute Gasteiger partial charge is 0.00699 e. The summed E-state index contributed by atoms with van der Waals surface area (Å²) in [4.78, 5) is 5.62. The van der Waals surface area contributed by atoms with Crippen LogP contribution in [-0.2, 0) is 0 Å². The van der Waals surface area contributed by atoms with Gasteiger partial charge in [-0.2, -0.15) is 0 Å². The number of hydrogen-bond donors (Lipinski definition) is 0. The highest BCUT2D eigenvalue weighted by Gasteiger charge is 2.44. The van der Waals surface area contributed by atoms with Crippen molar-refractivity contribution in [2.45, 2.75) is 77.8 Å². The normalized spacial score (nSPS) is 43.0. The summed E-state index contributed by atoms with van der Waals surface area (Å²) in [5, 5.41) is 0. The lowest BCUT2D eigenvalue weighted by molar-refractivity contribution is 0.183. The fraction of sp³-hybridized carbons (Fsp3) is 1.00. The Bertz CT molecular complexity index is 393. The van der Waals surface area contributed by atoms with Gasteiger partial charge >= 0.3 is 0 Å². The van der Waals surface area contributed by atoms with E-state index >= 15 is 0 Å². The molecule has 4 rings (SSSR count). The number of hydrogen-bond acceptors (Lipinski definition) is 2. The number of nitrogens with zero attached hydrogens (tertiary/aromatic N) is 2. The van der Waals surface area contributed by atoms with Crippen LogP contribution in [0.2, 0.25) is 0 Å². The Hall–Kier alpha value is -0.0800. The molecular weight excluding hydrogens is 280 g/mol. The SMILES string of the molecule is CC(C)N1CC2CCC(CC(C)N3CC4CCCCC4C3)C2C1. The molecule has 0 spiro atoms. The summed E-state index contributed by atoms with van der Waals surface area (Å²) < 4.78 is 0. The summed E-state index contributed by atoms with van der Waals surface area (Å²) in [6, 6.07) is 1.58. The highest BCUT2D eigenvalue weighted by Crippen LogP contribution is 2.46. The molecule has 2 heteroatoms. The van der Waals surface area contributed by atoms with Crippen LogP contribution in [0.1, 0.15) is 65.7 Å². The Morgan fingerprint density at radius 1 is 0.739 bits per heavy atom. The van der Waals surface area contributed by atoms with E-state index in [4.69, 9.17) is 0 Å². The van der Waals surface area contributed by atoms with Gasteiger partial charge in [0.15, 0.2) is 0 Å². The summed E-state index contributed by atoms with van der Waals surface area (Å²) in [6.45, 7) is 12.9. The summed E-state index contributed by atoms with van der Waals surface area (Å²) in [5.74, 6) is 5.15. The lowest BCUT2D eigenvalue weighted by atomic mass is 9.82. The second kappa shape index (κ2) is 6.67. The molecule has 0 aromatic carbocycles. The van der Waals surface area contributed by atoms with Gasteiger partial charge in [0.25, 0.3) is 0 Å². The molecule has 4 aliphatic rings. The summed E-state index contributed by atoms with van der Waals surface area (Å²) in [6.07, 6.45) is 10.5. The van der Waals surface area contributed by atoms with Gasteiger partial charge in [-0.05, 0) is 82.5 Å². The highest BCUT2D eigenvalue weighted by atomic mass is 15.2. The van der Waals surface area contributed by atoms with Crippen LogP contribution in [0.3, 0.4) is 0 Å². The van der Waals surface area contributed by atoms with E-state index in [1.807, 2.05) is 0 Å². The molecule has 4 fully saturated rings. The second-order valence-electron chi connectivity index (χ2n) is 9.65. The minimum Gasteiger partial charge on any atom is -0.300 e. The molecule has 0 N–H and O–H groups in total. The molecule has 2 aliphatic heterocycles. The van der Waals surface area contributed by atoms with Crippen molar-refractivity contribution in [3.8, 4) is 0 Å². The van der Waals surface area contributed by atoms with Crippen molar-refractivity contribution in [1.29, 1.82) is 0 Å². The van der Waals surface area contributed by atoms with Crippen molar-refractivity contribution in [3.63, 3.8) is 0 Å². The predicted molar refractivity (Wildman–Crippen MR) is 97.5 cm³/mol. The van der Waals surface area contributed by atoms with Crippen LogP contribution in [0.4, 0.5) is 0 Å². The van der Waals surface area contributed by atoms with Gasteiger partial charge in [0.1, 0.15) is 0 Å². The lowest BCUT2D eigenvalue weighted by Gasteiger charge is -2.30. The lowest BCUT2D eigenvalue weighted by Crippen LogP contribution is -2.35. The average molecular weight is 319 g/mol. The topological polar surface area (TPSA) is 6.48 Å². The molecule has 2 saturated heterocycles. The summed E-state index contributed by atoms with van der Waals surface area (Å²) >= 11 is 0. The molecular formula is C21H38N2. The van der Waals surface area contributed by atoms with Crippen molar-refractivity contribution in [2.24, 2.45) is 29.6 Å². The first-order valence-electron chi connectivity index (χ1n) is 10.6. The largest absolute Gasteiger partial charge is 0.300 e. The Morgan fingerprint density at radius 2 is 1.39 bits per heavy atom. The van der Waals surface area contributed by atoms with E-state index < -0.39 is 0 Å². The fourth-order valence-corrected chi connectivity index (χ4v) is 6.52. The first kappa shape index (κ1) is 16.4. The third kappa shape index (κ3) is 3.23. The quantitative estimate of drug-likeness (QED) is 0.764. The van der Waals surface area contributed by atoms with Crippen LogP contribution < -0.4 is 0 Å². The van der Waals surface area contributed by atoms with E-state index in [1.165, 1.54) is 71.1 Å². The Balaban J connectivity index is 1.32. The van der Waals surface area contributed by atoms with Crippen molar-refractivity contribution >= 4 is 0 Å². The van der Waals surface area contributed by atoms with E-state index in [1.54, 1.807) is 0 Å². The zero-order chi connectivity index (χ0) is 16.0. The molecule has 0 bridgehead atoms. The maximum atomic E-state index is 2.88. The number of rotatable bonds is 4. The maximum Gasteiger partial charge on any atom is 0.00699 e. The molecule has 0 amide bonds. The fourth-order valence-electron chi connectivity index (χ4n) is 6.52. The third-order valence-corrected chi connectivity index (χ3v) is 8.04. The molecule has 2 saturated carbocycles. The summed E-state index contributed by atoms with van der Waals surface area (Å²) in [5.41, 5.74) is 0. The molecule has 0 radical (unpaired) electrons. The zero-order valence-corrected chi connectivity index (χ0v) is 15.7. The van der Waals surface area contributed by atoms with E-state index in [-0.39, 0.29) is 0 Å². The van der Waals surface area contributed by atoms with Crippen molar-refractivity contribution in [1.82, 2.24) is 9.80 Å². The second-order valence-corrected chi connectivity index (χ2v) is 9.65. The molecule has 0 aromatic rings. The van der Waals surface area contributed by atoms with Crippen LogP contribution in [0.25, 0.3) is 0 Å². The third-order valence-electron chi connectivity index (χ3n) is 8.04. The van der Waals surface area contributed by atoms with E-state index in [9.17, 15) is 0 Å². The zero-order valence-electron chi connectivity index (χ0n) is 15.7. The van der Waals surface area contributed by atoms with Crippen molar-refractivity contribution < 1.29 is 0 Å². The molecule has 6 unspecified atom stereocenters. The number of fused-ring (bicyclic) bond motifs is 2. The van der Waals surface area contributed by atoms with Crippen LogP contribution in [0, 0.1) is 29.6 Å². The van der Waals surface area contributed by atoms with Gasteiger partial charge in [-0.1, -0.05) is 12.8 Å². The first-order chi connectivity index (χ1) is 11.1. The van der Waals surface area contributed by atoms with Gasteiger partial charge < -0.3 is 9.80 Å². The standard InChI is InChI=1S/C21H38N2/c1-15(2)22-13-20-9-8-17(21(20)14-22)10-16(3)23-11-18-6-4-5-7-19(18)12-23/h15-21H,4-14H2,1-3H3. The number of likely N-dealkylation sites (tertiary alicyclic amines) is 2. The summed E-state index contributed by atoms with van der Waals surface area (Å²) in [7, 11) is 0. The minimum absolute atomic E-state index is 0.750. The van der Waals surface area contributed by atoms with E-state index in [2.05, 4.69) is 30.6 Å². The van der Waals surface area contributed by atoms with Crippen LogP contribution >= 0.6 is 0 Å². The molecule has 23 heavy (non-hydrogen) atoms. The van der Waals surface area contributed by atoms with Gasteiger partial charge in [0.2, 0.25) is 0 Å². The van der Waals surface area contributed by atoms with Crippen LogP contribution in [0.5, 0.6) is 0 Å². The van der Waals surface area contributed by atoms with Crippen molar-refractivity contribution in [2.75, 3.05) is 26.2 Å². The van der Waals surface area contributed by atoms with E-state index in [0.717, 1.165) is 41.7 Å². The monoisotopic (exact) mass is 318 g/mol. The molecule has 2 aliphatic carbocycles. The van der Waals surface area contributed by atoms with Gasteiger partial charge in [0, 0.05) is 38.3 Å². The predicted octanol–water partition coefficient (Wildman–Crippen LogP) is 4.25. The maximum absolute atomic E-state index is 2.88. The first-order valence-corrected chi connectivity index (χ1v) is 10.6. The van der Waals surface area contributed by atoms with Crippen molar-refractivity contribution in [3.05, 3.63) is 0 Å². The van der Waals surface area contributed by atoms with Gasteiger partial charge in [-0.15, -0.1) is 0 Å². The van der Waals surface area contributed by atoms with Gasteiger partial charge in [-0.3, -0.25) is 0 Å². The Labute approximate surface area is 144 Å². The highest BCUT2D eigenvalue weighted by molar-refractivity contribution is 4.96. The van der Waals surface area contributed by atoms with E-state index in [0.29, 0.717) is 0 Å². The van der Waals surface area contributed by atoms with Gasteiger partial charge in [-0.25, -0.2) is 0 Å². The molecule has 2 heterocycles. The minimum atomic E-state index is 0.750. The van der Waals surface area contributed by atoms with Crippen LogP contribution in [-0.4, -0.2) is 48.1 Å². The Kier molecular flexibility index (Phi) is 4.75. The molecule has 0 aromatic heterocycles. The van der Waals surface area contributed by atoms with Crippen LogP contribution in [0.15, 0.2) is 0 Å². The molecule has 132 valence electrons. The van der Waals surface area contributed by atoms with Gasteiger partial charge in [0.05, 0.1) is 0 Å². The molecule has 2 nitrogen and oxygen atoms in total. The average Bonchev–Trinajstić information content (AvgIpc) is 3.21. The molecule has 6 atom stereocenters.